The molecule has 1 saturated carbocycles. The molecule has 1 heterocycles. The van der Waals surface area contributed by atoms with Gasteiger partial charge in [0.1, 0.15) is 5.82 Å². The van der Waals surface area contributed by atoms with E-state index in [1.165, 1.54) is 25.7 Å². The van der Waals surface area contributed by atoms with Crippen molar-refractivity contribution in [3.8, 4) is 0 Å². The Kier molecular flexibility index (Phi) is 4.00. The van der Waals surface area contributed by atoms with Gasteiger partial charge in [0, 0.05) is 25.8 Å². The largest absolute Gasteiger partial charge is 0.359 e. The fourth-order valence-corrected chi connectivity index (χ4v) is 2.57. The van der Waals surface area contributed by atoms with E-state index in [-0.39, 0.29) is 6.04 Å². The van der Waals surface area contributed by atoms with Crippen molar-refractivity contribution in [1.29, 1.82) is 0 Å². The molecule has 3 nitrogen and oxygen atoms in total. The van der Waals surface area contributed by atoms with Crippen molar-refractivity contribution < 1.29 is 0 Å². The average Bonchev–Trinajstić information content (AvgIpc) is 2.82. The Bertz CT molecular complexity index is 339. The monoisotopic (exact) mass is 233 g/mol. The highest BCUT2D eigenvalue weighted by molar-refractivity contribution is 5.38. The average molecular weight is 233 g/mol. The predicted molar refractivity (Wildman–Crippen MR) is 72.1 cm³/mol. The molecule has 0 aliphatic heterocycles. The summed E-state index contributed by atoms with van der Waals surface area (Å²) < 4.78 is 0. The maximum absolute atomic E-state index is 5.82. The minimum absolute atomic E-state index is 0.0664. The van der Waals surface area contributed by atoms with Gasteiger partial charge in [-0.3, -0.25) is 0 Å². The Morgan fingerprint density at radius 1 is 1.41 bits per heavy atom. The fourth-order valence-electron chi connectivity index (χ4n) is 2.57. The summed E-state index contributed by atoms with van der Waals surface area (Å²) in [4.78, 5) is 6.75. The van der Waals surface area contributed by atoms with Gasteiger partial charge in [0.2, 0.25) is 0 Å². The van der Waals surface area contributed by atoms with Gasteiger partial charge in [-0.2, -0.15) is 0 Å². The first-order chi connectivity index (χ1) is 8.16. The van der Waals surface area contributed by atoms with E-state index in [1.807, 2.05) is 13.1 Å². The predicted octanol–water partition coefficient (Wildman–Crippen LogP) is 2.73. The second-order valence-corrected chi connectivity index (χ2v) is 5.27. The summed E-state index contributed by atoms with van der Waals surface area (Å²) >= 11 is 0. The summed E-state index contributed by atoms with van der Waals surface area (Å²) in [6, 6.07) is 4.22. The molecule has 1 aromatic rings. The lowest BCUT2D eigenvalue weighted by Crippen LogP contribution is -2.24. The third-order valence-electron chi connectivity index (χ3n) is 3.69. The van der Waals surface area contributed by atoms with Gasteiger partial charge in [0.25, 0.3) is 0 Å². The maximum atomic E-state index is 5.82. The Balaban J connectivity index is 1.96. The molecule has 3 heteroatoms. The van der Waals surface area contributed by atoms with Crippen molar-refractivity contribution in [2.24, 2.45) is 11.7 Å². The van der Waals surface area contributed by atoms with E-state index in [1.54, 1.807) is 0 Å². The first-order valence-electron chi connectivity index (χ1n) is 6.59. The molecule has 17 heavy (non-hydrogen) atoms. The molecule has 2 rings (SSSR count). The quantitative estimate of drug-likeness (QED) is 0.869. The molecule has 0 radical (unpaired) electrons. The molecular weight excluding hydrogens is 210 g/mol. The molecule has 0 spiro atoms. The third kappa shape index (κ3) is 3.19. The Hall–Kier alpha value is -1.09. The number of nitrogens with two attached hydrogens (primary N) is 1. The normalized spacial score (nSPS) is 18.3. The molecular formula is C14H23N3. The minimum Gasteiger partial charge on any atom is -0.359 e. The third-order valence-corrected chi connectivity index (χ3v) is 3.69. The SMILES string of the molecule is C[C@@H](N)c1ccc(N(C)CC2CCCC2)nc1. The lowest BCUT2D eigenvalue weighted by Gasteiger charge is -2.22. The van der Waals surface area contributed by atoms with Crippen LogP contribution < -0.4 is 10.6 Å². The van der Waals surface area contributed by atoms with Gasteiger partial charge in [0.05, 0.1) is 0 Å². The molecule has 0 amide bonds. The summed E-state index contributed by atoms with van der Waals surface area (Å²) in [5.74, 6) is 1.91. The second-order valence-electron chi connectivity index (χ2n) is 5.27. The van der Waals surface area contributed by atoms with E-state index in [0.717, 1.165) is 23.8 Å². The summed E-state index contributed by atoms with van der Waals surface area (Å²) in [7, 11) is 2.13. The highest BCUT2D eigenvalue weighted by Gasteiger charge is 2.17. The van der Waals surface area contributed by atoms with E-state index in [9.17, 15) is 0 Å². The highest BCUT2D eigenvalue weighted by atomic mass is 15.2. The Morgan fingerprint density at radius 3 is 2.65 bits per heavy atom. The molecule has 1 aromatic heterocycles. The van der Waals surface area contributed by atoms with Crippen LogP contribution in [0.1, 0.15) is 44.2 Å². The minimum atomic E-state index is 0.0664. The van der Waals surface area contributed by atoms with E-state index in [2.05, 4.69) is 29.1 Å². The second kappa shape index (κ2) is 5.50. The van der Waals surface area contributed by atoms with Crippen LogP contribution in [-0.4, -0.2) is 18.6 Å². The van der Waals surface area contributed by atoms with Crippen LogP contribution in [0, 0.1) is 5.92 Å². The zero-order chi connectivity index (χ0) is 12.3. The molecule has 0 unspecified atom stereocenters. The van der Waals surface area contributed by atoms with Gasteiger partial charge >= 0.3 is 0 Å². The van der Waals surface area contributed by atoms with Crippen molar-refractivity contribution in [3.63, 3.8) is 0 Å². The number of pyridine rings is 1. The van der Waals surface area contributed by atoms with Crippen LogP contribution in [0.5, 0.6) is 0 Å². The van der Waals surface area contributed by atoms with Crippen molar-refractivity contribution in [1.82, 2.24) is 4.98 Å². The van der Waals surface area contributed by atoms with Crippen LogP contribution in [-0.2, 0) is 0 Å². The molecule has 1 fully saturated rings. The van der Waals surface area contributed by atoms with Gasteiger partial charge in [-0.25, -0.2) is 4.98 Å². The van der Waals surface area contributed by atoms with E-state index < -0.39 is 0 Å². The van der Waals surface area contributed by atoms with Crippen molar-refractivity contribution >= 4 is 5.82 Å². The van der Waals surface area contributed by atoms with Crippen LogP contribution in [0.25, 0.3) is 0 Å². The van der Waals surface area contributed by atoms with Crippen molar-refractivity contribution in [3.05, 3.63) is 23.9 Å². The van der Waals surface area contributed by atoms with Gasteiger partial charge in [-0.15, -0.1) is 0 Å². The number of hydrogen-bond acceptors (Lipinski definition) is 3. The Morgan fingerprint density at radius 2 is 2.12 bits per heavy atom. The number of aromatic nitrogens is 1. The van der Waals surface area contributed by atoms with Crippen LogP contribution in [0.2, 0.25) is 0 Å². The molecule has 0 saturated heterocycles. The molecule has 1 aliphatic carbocycles. The summed E-state index contributed by atoms with van der Waals surface area (Å²) in [6.45, 7) is 3.11. The topological polar surface area (TPSA) is 42.1 Å². The number of rotatable bonds is 4. The van der Waals surface area contributed by atoms with E-state index in [0.29, 0.717) is 0 Å². The molecule has 0 bridgehead atoms. The molecule has 2 N–H and O–H groups in total. The van der Waals surface area contributed by atoms with Crippen LogP contribution in [0.3, 0.4) is 0 Å². The lowest BCUT2D eigenvalue weighted by molar-refractivity contribution is 0.545. The van der Waals surface area contributed by atoms with Gasteiger partial charge < -0.3 is 10.6 Å². The zero-order valence-corrected chi connectivity index (χ0v) is 10.9. The molecule has 0 aromatic carbocycles. The van der Waals surface area contributed by atoms with E-state index >= 15 is 0 Å². The number of hydrogen-bond donors (Lipinski definition) is 1. The summed E-state index contributed by atoms with van der Waals surface area (Å²) in [5, 5.41) is 0. The van der Waals surface area contributed by atoms with Crippen LogP contribution >= 0.6 is 0 Å². The molecule has 94 valence electrons. The molecule has 1 aliphatic rings. The Labute approximate surface area is 104 Å². The van der Waals surface area contributed by atoms with Crippen LogP contribution in [0.15, 0.2) is 18.3 Å². The summed E-state index contributed by atoms with van der Waals surface area (Å²) in [5.41, 5.74) is 6.92. The summed E-state index contributed by atoms with van der Waals surface area (Å²) in [6.07, 6.45) is 7.45. The van der Waals surface area contributed by atoms with Crippen molar-refractivity contribution in [2.75, 3.05) is 18.5 Å². The van der Waals surface area contributed by atoms with E-state index in [4.69, 9.17) is 5.73 Å². The van der Waals surface area contributed by atoms with Gasteiger partial charge in [0.15, 0.2) is 0 Å². The van der Waals surface area contributed by atoms with Crippen LogP contribution in [0.4, 0.5) is 5.82 Å². The molecule has 1 atom stereocenters. The smallest absolute Gasteiger partial charge is 0.128 e. The highest BCUT2D eigenvalue weighted by Crippen LogP contribution is 2.26. The lowest BCUT2D eigenvalue weighted by atomic mass is 10.1. The number of anilines is 1. The zero-order valence-electron chi connectivity index (χ0n) is 10.9. The van der Waals surface area contributed by atoms with Crippen molar-refractivity contribution in [2.45, 2.75) is 38.6 Å². The standard InChI is InChI=1S/C14H23N3/c1-11(15)13-7-8-14(16-9-13)17(2)10-12-5-3-4-6-12/h7-9,11-12H,3-6,10,15H2,1-2H3/t11-/m1/s1. The first kappa shape index (κ1) is 12.4. The fraction of sp³-hybridized carbons (Fsp3) is 0.643. The van der Waals surface area contributed by atoms with Gasteiger partial charge in [-0.1, -0.05) is 18.9 Å². The first-order valence-corrected chi connectivity index (χ1v) is 6.59. The van der Waals surface area contributed by atoms with Gasteiger partial charge in [-0.05, 0) is 37.3 Å². The number of nitrogens with zero attached hydrogens (tertiary/aromatic N) is 2. The maximum Gasteiger partial charge on any atom is 0.128 e.